The third-order valence-corrected chi connectivity index (χ3v) is 23.5. The smallest absolute Gasteiger partial charge is 0.226 e. The van der Waals surface area contributed by atoms with Crippen LogP contribution in [-0.4, -0.2) is 81.6 Å². The number of phenolic OH excluding ortho intramolecular Hbond substituents is 6. The summed E-state index contributed by atoms with van der Waals surface area (Å²) in [5.41, 5.74) is 8.97. The van der Waals surface area contributed by atoms with Gasteiger partial charge in [-0.05, 0) is 223 Å². The van der Waals surface area contributed by atoms with Crippen LogP contribution in [-0.2, 0) is 118 Å². The lowest BCUT2D eigenvalue weighted by atomic mass is 9.77. The first-order valence-electron chi connectivity index (χ1n) is 42.5. The second-order valence-corrected chi connectivity index (χ2v) is 46.2. The molecule has 0 radical (unpaired) electrons. The lowest BCUT2D eigenvalue weighted by molar-refractivity contribution is -0.199. The summed E-state index contributed by atoms with van der Waals surface area (Å²) in [5, 5.41) is 73.6. The fraction of sp³-hybridized carbons (Fsp3) is 0.618. The zero-order valence-electron chi connectivity index (χ0n) is 77.9. The zero-order chi connectivity index (χ0) is 87.0. The molecule has 1 saturated heterocycles. The molecular formula is C102H153N3O9. The van der Waals surface area contributed by atoms with Gasteiger partial charge in [0.15, 0.2) is 0 Å². The van der Waals surface area contributed by atoms with Crippen molar-refractivity contribution in [2.24, 2.45) is 0 Å². The molecule has 1 aliphatic rings. The van der Waals surface area contributed by atoms with Gasteiger partial charge in [-0.1, -0.05) is 322 Å². The number of phenols is 6. The average molecular weight is 1570 g/mol. The van der Waals surface area contributed by atoms with Gasteiger partial charge in [-0.15, -0.1) is 0 Å². The molecule has 12 heteroatoms. The highest BCUT2D eigenvalue weighted by atomic mass is 16.3. The Bertz CT molecular complexity index is 3820. The summed E-state index contributed by atoms with van der Waals surface area (Å²) in [6.45, 7) is 75.5. The first kappa shape index (κ1) is 93.7. The van der Waals surface area contributed by atoms with E-state index in [4.69, 9.17) is 0 Å². The second kappa shape index (κ2) is 32.8. The van der Waals surface area contributed by atoms with Gasteiger partial charge in [0.1, 0.15) is 53.0 Å². The largest absolute Gasteiger partial charge is 0.507 e. The summed E-state index contributed by atoms with van der Waals surface area (Å²) in [6, 6.07) is 24.8. The second-order valence-electron chi connectivity index (χ2n) is 46.2. The molecule has 6 aromatic carbocycles. The van der Waals surface area contributed by atoms with Crippen LogP contribution < -0.4 is 0 Å². The van der Waals surface area contributed by atoms with E-state index in [1.54, 1.807) is 0 Å². The van der Waals surface area contributed by atoms with Crippen LogP contribution in [0.4, 0.5) is 0 Å². The summed E-state index contributed by atoms with van der Waals surface area (Å²) in [4.78, 5) is 58.0. The minimum Gasteiger partial charge on any atom is -0.507 e. The summed E-state index contributed by atoms with van der Waals surface area (Å²) >= 11 is 0. The summed E-state index contributed by atoms with van der Waals surface area (Å²) < 4.78 is 0. The quantitative estimate of drug-likeness (QED) is 0.0488. The van der Waals surface area contributed by atoms with E-state index < -0.39 is 83.5 Å². The van der Waals surface area contributed by atoms with Gasteiger partial charge in [0.2, 0.25) is 17.7 Å². The Balaban J connectivity index is 1.69. The number of hydrogen-bond donors (Lipinski definition) is 6. The lowest BCUT2D eigenvalue weighted by Gasteiger charge is -2.58. The topological polar surface area (TPSA) is 182 Å². The molecule has 1 heterocycles. The van der Waals surface area contributed by atoms with Crippen LogP contribution in [0.5, 0.6) is 34.5 Å². The van der Waals surface area contributed by atoms with Crippen LogP contribution in [0.2, 0.25) is 0 Å². The molecule has 0 saturated carbocycles. The number of carbonyl (C=O) groups is 3. The number of aromatic hydroxyl groups is 6. The molecule has 6 aromatic rings. The van der Waals surface area contributed by atoms with Gasteiger partial charge in [-0.2, -0.15) is 0 Å². The molecule has 12 nitrogen and oxygen atoms in total. The number of benzene rings is 6. The zero-order valence-corrected chi connectivity index (χ0v) is 77.9. The summed E-state index contributed by atoms with van der Waals surface area (Å²) in [7, 11) is 0. The van der Waals surface area contributed by atoms with Gasteiger partial charge in [0.05, 0.1) is 0 Å². The molecular weight excluding hydrogens is 1410 g/mol. The van der Waals surface area contributed by atoms with Gasteiger partial charge in [-0.3, -0.25) is 14.4 Å². The van der Waals surface area contributed by atoms with E-state index in [-0.39, 0.29) is 110 Å². The molecule has 1 aliphatic heterocycles. The van der Waals surface area contributed by atoms with Crippen LogP contribution in [0, 0.1) is 0 Å². The number of nitrogens with zero attached hydrogens (tertiary/aromatic N) is 3. The maximum Gasteiger partial charge on any atom is 0.226 e. The van der Waals surface area contributed by atoms with E-state index in [0.29, 0.717) is 19.3 Å². The van der Waals surface area contributed by atoms with Crippen molar-refractivity contribution in [3.8, 4) is 34.5 Å². The van der Waals surface area contributed by atoms with Crippen LogP contribution in [0.3, 0.4) is 0 Å². The third-order valence-electron chi connectivity index (χ3n) is 23.5. The minimum absolute atomic E-state index is 0.0290. The fourth-order valence-corrected chi connectivity index (χ4v) is 16.8. The predicted molar refractivity (Wildman–Crippen MR) is 475 cm³/mol. The highest BCUT2D eigenvalue weighted by Crippen LogP contribution is 2.49. The Morgan fingerprint density at radius 3 is 0.421 bits per heavy atom. The summed E-state index contributed by atoms with van der Waals surface area (Å²) in [5.74, 6) is 0.642. The normalized spacial score (nSPS) is 16.3. The first-order chi connectivity index (χ1) is 51.4. The van der Waals surface area contributed by atoms with Crippen LogP contribution in [0.1, 0.15) is 388 Å². The Labute approximate surface area is 690 Å². The lowest BCUT2D eigenvalue weighted by Crippen LogP contribution is -2.74. The average Bonchev–Trinajstić information content (AvgIpc) is 0.742. The molecule has 0 bridgehead atoms. The molecule has 0 unspecified atom stereocenters. The Morgan fingerprint density at radius 2 is 0.316 bits per heavy atom. The third kappa shape index (κ3) is 21.8. The standard InChI is InChI=1S/C102H153N3O9/c1-91(2,3)67-49-61(50-68(85(67)109)92(4,5)6)37-43-79-103(82(106)46-40-64-55-73(97(19,20)21)88(112)74(56-64)98(22,23)24)80(44-38-62-51-69(93(7,8)9)86(110)70(52-62)94(10,11)12)105(84(108)48-42-66-59-77(101(31,32)33)90(114)78(60-66)102(34,35)36)81(45-39-63-53-71(95(13,14)15)87(111)72(54-63)96(16,17)18)104(79)83(107)47-41-65-57-75(99(25,26)27)89(113)76(58-65)100(28,29)30/h49-60,79-81,109-114H,37-48H2,1-36H3. The highest BCUT2D eigenvalue weighted by Gasteiger charge is 2.51. The molecule has 7 rings (SSSR count). The van der Waals surface area contributed by atoms with Gasteiger partial charge in [-0.25, -0.2) is 0 Å². The monoisotopic (exact) mass is 1560 g/mol. The molecule has 0 atom stereocenters. The molecule has 630 valence electrons. The van der Waals surface area contributed by atoms with Crippen molar-refractivity contribution in [3.63, 3.8) is 0 Å². The van der Waals surface area contributed by atoms with Gasteiger partial charge in [0, 0.05) is 19.3 Å². The van der Waals surface area contributed by atoms with Crippen molar-refractivity contribution in [1.29, 1.82) is 0 Å². The van der Waals surface area contributed by atoms with Gasteiger partial charge in [0.25, 0.3) is 0 Å². The van der Waals surface area contributed by atoms with E-state index in [0.717, 1.165) is 100 Å². The number of rotatable bonds is 18. The summed E-state index contributed by atoms with van der Waals surface area (Å²) in [6.07, 6.45) is -0.497. The predicted octanol–water partition coefficient (Wildman–Crippen LogP) is 24.1. The van der Waals surface area contributed by atoms with E-state index in [1.165, 1.54) is 0 Å². The molecule has 0 aromatic heterocycles. The number of hydrogen-bond acceptors (Lipinski definition) is 9. The van der Waals surface area contributed by atoms with E-state index in [1.807, 2.05) is 51.1 Å². The van der Waals surface area contributed by atoms with Crippen molar-refractivity contribution in [1.82, 2.24) is 14.7 Å². The van der Waals surface area contributed by atoms with Crippen LogP contribution in [0.25, 0.3) is 0 Å². The van der Waals surface area contributed by atoms with Crippen molar-refractivity contribution in [2.45, 2.75) is 410 Å². The van der Waals surface area contributed by atoms with Crippen molar-refractivity contribution in [2.75, 3.05) is 0 Å². The van der Waals surface area contributed by atoms with E-state index in [9.17, 15) is 30.6 Å². The SMILES string of the molecule is CC(C)(C)c1cc(CCC(=O)N2C(CCc3cc(C(C)(C)C)c(O)c(C(C)(C)C)c3)N(C(=O)CCc3cc(C(C)(C)C)c(O)c(C(C)(C)C)c3)C(CCc3cc(C(C)(C)C)c(O)c(C(C)(C)C)c3)N(C(=O)CCc3cc(C(C)(C)C)c(O)c(C(C)(C)C)c3)C2CCc2cc(C(C)(C)C)c(O)c(C(C)(C)C)c2)cc(C(C)(C)C)c1O. The Hall–Kier alpha value is -7.47. The highest BCUT2D eigenvalue weighted by molar-refractivity contribution is 5.84. The van der Waals surface area contributed by atoms with Crippen LogP contribution in [0.15, 0.2) is 72.8 Å². The molecule has 0 aliphatic carbocycles. The minimum atomic E-state index is -0.995. The Morgan fingerprint density at radius 1 is 0.211 bits per heavy atom. The maximum absolute atomic E-state index is 17.4. The van der Waals surface area contributed by atoms with Crippen molar-refractivity contribution >= 4 is 17.7 Å². The fourth-order valence-electron chi connectivity index (χ4n) is 16.8. The number of aryl methyl sites for hydroxylation is 6. The number of carbonyl (C=O) groups excluding carboxylic acids is 3. The molecule has 6 N–H and O–H groups in total. The maximum atomic E-state index is 17.4. The Kier molecular flexibility index (Phi) is 26.9. The van der Waals surface area contributed by atoms with Crippen molar-refractivity contribution < 1.29 is 45.0 Å². The molecule has 1 fully saturated rings. The van der Waals surface area contributed by atoms with Gasteiger partial charge >= 0.3 is 0 Å². The molecule has 114 heavy (non-hydrogen) atoms. The first-order valence-corrected chi connectivity index (χ1v) is 42.5. The van der Waals surface area contributed by atoms with E-state index in [2.05, 4.69) is 286 Å². The van der Waals surface area contributed by atoms with Gasteiger partial charge < -0.3 is 45.3 Å². The molecule has 0 spiro atoms. The molecule has 3 amide bonds. The number of amides is 3. The van der Waals surface area contributed by atoms with E-state index >= 15 is 14.4 Å². The van der Waals surface area contributed by atoms with Crippen LogP contribution >= 0.6 is 0 Å². The van der Waals surface area contributed by atoms with Crippen molar-refractivity contribution in [3.05, 3.63) is 173 Å².